The number of amides is 4. The lowest BCUT2D eigenvalue weighted by Gasteiger charge is -2.20. The zero-order chi connectivity index (χ0) is 58.2. The van der Waals surface area contributed by atoms with Gasteiger partial charge in [0, 0.05) is 83.8 Å². The van der Waals surface area contributed by atoms with Crippen molar-refractivity contribution in [3.05, 3.63) is 0 Å². The van der Waals surface area contributed by atoms with Gasteiger partial charge in [0.15, 0.2) is 5.78 Å². The van der Waals surface area contributed by atoms with Gasteiger partial charge >= 0.3 is 23.9 Å². The van der Waals surface area contributed by atoms with Crippen molar-refractivity contribution in [2.45, 2.75) is 193 Å². The molecule has 0 spiro atoms. The van der Waals surface area contributed by atoms with Gasteiger partial charge in [0.05, 0.1) is 39.6 Å². The maximum atomic E-state index is 13.3. The molecular formula is C55H96N4O19. The highest BCUT2D eigenvalue weighted by atomic mass is 16.5. The van der Waals surface area contributed by atoms with Crippen LogP contribution in [0.2, 0.25) is 0 Å². The fourth-order valence-corrected chi connectivity index (χ4v) is 8.14. The molecule has 78 heavy (non-hydrogen) atoms. The van der Waals surface area contributed by atoms with Crippen LogP contribution in [0.1, 0.15) is 189 Å². The standard InChI is InChI=1S/C55H94N4O19.H2/c1-41(42(2)60)19-17-18-28-57-54(73)44(23-26-52(69)70)38-47(62)43(22-25-51(67)68)37-45(61)39-77-35-33-75-31-29-56-49(64)40-78-36-34-76-32-30-58-55(74)46(24-27-53(71)72)59-48(63)20-15-13-11-9-7-5-3-4-6-8-10-12-14-16-21-50(65)66;/h41,43-44,46H,3-40H2,1-2H3,(H,56,64)(H,57,73)(H,58,74)(H,59,63)(H,65,66)(H,67,68)(H,69,70)(H,71,72);1H/t41-,43+,44+,46-;/m0./s1. The molecule has 23 nitrogen and oxygen atoms in total. The number of hydrogen-bond acceptors (Lipinski definition) is 15. The fraction of sp³-hybridized carbons (Fsp3) is 0.800. The van der Waals surface area contributed by atoms with Crippen LogP contribution in [0.3, 0.4) is 0 Å². The second kappa shape index (κ2) is 48.7. The maximum absolute atomic E-state index is 13.3. The summed E-state index contributed by atoms with van der Waals surface area (Å²) < 4.78 is 21.5. The van der Waals surface area contributed by atoms with Crippen molar-refractivity contribution in [3.63, 3.8) is 0 Å². The van der Waals surface area contributed by atoms with Crippen LogP contribution in [0.15, 0.2) is 0 Å². The molecule has 0 radical (unpaired) electrons. The molecular weight excluding hydrogens is 1020 g/mol. The molecule has 0 fully saturated rings. The van der Waals surface area contributed by atoms with E-state index in [9.17, 15) is 63.0 Å². The Bertz CT molecular complexity index is 1770. The quantitative estimate of drug-likeness (QED) is 0.0344. The highest BCUT2D eigenvalue weighted by molar-refractivity contribution is 5.92. The molecule has 0 aromatic heterocycles. The molecule has 0 heterocycles. The highest BCUT2D eigenvalue weighted by Crippen LogP contribution is 2.22. The van der Waals surface area contributed by atoms with Crippen LogP contribution in [0.4, 0.5) is 0 Å². The first-order valence-corrected chi connectivity index (χ1v) is 28.2. The van der Waals surface area contributed by atoms with E-state index in [2.05, 4.69) is 21.3 Å². The summed E-state index contributed by atoms with van der Waals surface area (Å²) in [5, 5.41) is 46.9. The van der Waals surface area contributed by atoms with E-state index in [4.69, 9.17) is 29.2 Å². The number of Topliss-reactive ketones (excluding diaryl/α,β-unsaturated/α-hetero) is 3. The van der Waals surface area contributed by atoms with E-state index >= 15 is 0 Å². The fourth-order valence-electron chi connectivity index (χ4n) is 8.14. The van der Waals surface area contributed by atoms with E-state index in [0.717, 1.165) is 51.4 Å². The predicted octanol–water partition coefficient (Wildman–Crippen LogP) is 5.60. The van der Waals surface area contributed by atoms with Gasteiger partial charge in [-0.3, -0.25) is 52.7 Å². The molecule has 450 valence electrons. The Morgan fingerprint density at radius 2 is 0.859 bits per heavy atom. The molecule has 0 aromatic carbocycles. The number of hydrogen-bond donors (Lipinski definition) is 8. The second-order valence-electron chi connectivity index (χ2n) is 19.8. The number of carbonyl (C=O) groups excluding carboxylic acids is 7. The molecule has 0 aliphatic carbocycles. The number of aliphatic carboxylic acids is 4. The Balaban J connectivity index is 0. The summed E-state index contributed by atoms with van der Waals surface area (Å²) in [5.41, 5.74) is 0. The number of unbranched alkanes of at least 4 members (excludes halogenated alkanes) is 14. The zero-order valence-corrected chi connectivity index (χ0v) is 46.6. The van der Waals surface area contributed by atoms with Gasteiger partial charge in [-0.1, -0.05) is 90.4 Å². The van der Waals surface area contributed by atoms with Gasteiger partial charge < -0.3 is 60.6 Å². The summed E-state index contributed by atoms with van der Waals surface area (Å²) in [6.07, 6.45) is 15.0. The summed E-state index contributed by atoms with van der Waals surface area (Å²) >= 11 is 0. The SMILES string of the molecule is CC(=O)[C@@H](C)CCCCNC(=O)[C@H](CCC(=O)O)CC(=O)[C@H](CCC(=O)O)CC(=O)COCCOCCNC(=O)COCCOCCNC(=O)[C@H](CCC(=O)O)NC(=O)CCCCCCCCCCCCCCCCC(=O)O.[HH]. The molecule has 0 rings (SSSR count). The number of rotatable bonds is 56. The van der Waals surface area contributed by atoms with Gasteiger partial charge in [-0.2, -0.15) is 0 Å². The normalized spacial score (nSPS) is 12.6. The van der Waals surface area contributed by atoms with Crippen LogP contribution in [0.25, 0.3) is 0 Å². The van der Waals surface area contributed by atoms with Crippen molar-refractivity contribution in [3.8, 4) is 0 Å². The minimum absolute atomic E-state index is 0. The van der Waals surface area contributed by atoms with Gasteiger partial charge in [-0.05, 0) is 51.9 Å². The lowest BCUT2D eigenvalue weighted by atomic mass is 9.85. The highest BCUT2D eigenvalue weighted by Gasteiger charge is 2.29. The van der Waals surface area contributed by atoms with Gasteiger partial charge in [0.25, 0.3) is 0 Å². The smallest absolute Gasteiger partial charge is 0.303 e. The van der Waals surface area contributed by atoms with E-state index < -0.39 is 77.5 Å². The van der Waals surface area contributed by atoms with Crippen molar-refractivity contribution >= 4 is 64.9 Å². The number of carbonyl (C=O) groups is 11. The third kappa shape index (κ3) is 45.6. The van der Waals surface area contributed by atoms with Crippen LogP contribution in [0, 0.1) is 17.8 Å². The zero-order valence-electron chi connectivity index (χ0n) is 46.6. The van der Waals surface area contributed by atoms with E-state index in [1.54, 1.807) is 0 Å². The Kier molecular flexibility index (Phi) is 45.3. The summed E-state index contributed by atoms with van der Waals surface area (Å²) in [6, 6.07) is -1.00. The third-order valence-electron chi connectivity index (χ3n) is 12.9. The molecule has 0 bridgehead atoms. The maximum Gasteiger partial charge on any atom is 0.303 e. The van der Waals surface area contributed by atoms with Crippen LogP contribution >= 0.6 is 0 Å². The van der Waals surface area contributed by atoms with E-state index in [1.807, 2.05) is 6.92 Å². The van der Waals surface area contributed by atoms with E-state index in [1.165, 1.54) is 39.0 Å². The van der Waals surface area contributed by atoms with Gasteiger partial charge in [0.2, 0.25) is 23.6 Å². The van der Waals surface area contributed by atoms with Crippen molar-refractivity contribution in [2.24, 2.45) is 17.8 Å². The van der Waals surface area contributed by atoms with E-state index in [-0.39, 0.29) is 149 Å². The Labute approximate surface area is 462 Å². The van der Waals surface area contributed by atoms with Gasteiger partial charge in [-0.15, -0.1) is 0 Å². The molecule has 4 atom stereocenters. The third-order valence-corrected chi connectivity index (χ3v) is 12.9. The lowest BCUT2D eigenvalue weighted by molar-refractivity contribution is -0.140. The van der Waals surface area contributed by atoms with Gasteiger partial charge in [-0.25, -0.2) is 0 Å². The number of carboxylic acid groups (broad SMARTS) is 4. The van der Waals surface area contributed by atoms with Crippen LogP contribution in [-0.2, 0) is 71.7 Å². The number of ether oxygens (including phenoxy) is 4. The monoisotopic (exact) mass is 1120 g/mol. The van der Waals surface area contributed by atoms with Crippen molar-refractivity contribution in [1.29, 1.82) is 0 Å². The Hall–Kier alpha value is -5.39. The Morgan fingerprint density at radius 1 is 0.410 bits per heavy atom. The van der Waals surface area contributed by atoms with Crippen LogP contribution in [-0.4, -0.2) is 164 Å². The molecule has 0 unspecified atom stereocenters. The molecule has 4 amide bonds. The predicted molar refractivity (Wildman–Crippen MR) is 288 cm³/mol. The summed E-state index contributed by atoms with van der Waals surface area (Å²) in [5.74, 6) is -8.97. The van der Waals surface area contributed by atoms with Crippen molar-refractivity contribution in [2.75, 3.05) is 72.5 Å². The number of carboxylic acids is 4. The largest absolute Gasteiger partial charge is 0.481 e. The first kappa shape index (κ1) is 72.6. The second-order valence-corrected chi connectivity index (χ2v) is 19.8. The molecule has 0 aliphatic heterocycles. The average molecular weight is 1120 g/mol. The summed E-state index contributed by atoms with van der Waals surface area (Å²) in [4.78, 5) is 132. The van der Waals surface area contributed by atoms with Crippen molar-refractivity contribution < 1.29 is 93.5 Å². The number of ketones is 3. The van der Waals surface area contributed by atoms with Crippen LogP contribution < -0.4 is 21.3 Å². The first-order valence-electron chi connectivity index (χ1n) is 28.2. The Morgan fingerprint density at radius 3 is 1.38 bits per heavy atom. The minimum atomic E-state index is -1.18. The molecule has 23 heteroatoms. The summed E-state index contributed by atoms with van der Waals surface area (Å²) in [7, 11) is 0. The minimum Gasteiger partial charge on any atom is -0.481 e. The molecule has 0 aromatic rings. The molecule has 0 saturated carbocycles. The van der Waals surface area contributed by atoms with Gasteiger partial charge in [0.1, 0.15) is 30.8 Å². The molecule has 8 N–H and O–H groups in total. The average Bonchev–Trinajstić information content (AvgIpc) is 3.38. The first-order chi connectivity index (χ1) is 37.3. The molecule has 0 saturated heterocycles. The topological polar surface area (TPSA) is 354 Å². The van der Waals surface area contributed by atoms with Crippen LogP contribution in [0.5, 0.6) is 0 Å². The lowest BCUT2D eigenvalue weighted by Crippen LogP contribution is -2.47. The summed E-state index contributed by atoms with van der Waals surface area (Å²) in [6.45, 7) is 3.68. The molecule has 0 aliphatic rings. The number of nitrogens with one attached hydrogen (secondary N) is 4. The van der Waals surface area contributed by atoms with E-state index in [0.29, 0.717) is 25.7 Å². The van der Waals surface area contributed by atoms with Crippen molar-refractivity contribution in [1.82, 2.24) is 21.3 Å².